The molecule has 2 aromatic carbocycles. The van der Waals surface area contributed by atoms with Crippen molar-refractivity contribution in [2.45, 2.75) is 25.9 Å². The van der Waals surface area contributed by atoms with Crippen LogP contribution in [0.25, 0.3) is 0 Å². The summed E-state index contributed by atoms with van der Waals surface area (Å²) >= 11 is 0. The Morgan fingerprint density at radius 2 is 1.78 bits per heavy atom. The van der Waals surface area contributed by atoms with Gasteiger partial charge in [-0.2, -0.15) is 0 Å². The summed E-state index contributed by atoms with van der Waals surface area (Å²) in [6.45, 7) is 6.14. The SMILES string of the molecule is CC(C)c1ccc(C(=O)N2CCOC(c3ccccc3)C2)cc1. The zero-order valence-corrected chi connectivity index (χ0v) is 13.7. The number of benzene rings is 2. The Morgan fingerprint density at radius 3 is 2.43 bits per heavy atom. The molecule has 1 fully saturated rings. The van der Waals surface area contributed by atoms with Crippen LogP contribution in [-0.4, -0.2) is 30.5 Å². The molecule has 1 unspecified atom stereocenters. The van der Waals surface area contributed by atoms with Gasteiger partial charge in [-0.05, 0) is 29.2 Å². The quantitative estimate of drug-likeness (QED) is 0.857. The fourth-order valence-electron chi connectivity index (χ4n) is 2.90. The summed E-state index contributed by atoms with van der Waals surface area (Å²) < 4.78 is 5.84. The third kappa shape index (κ3) is 3.62. The molecule has 0 radical (unpaired) electrons. The van der Waals surface area contributed by atoms with Crippen molar-refractivity contribution in [2.24, 2.45) is 0 Å². The van der Waals surface area contributed by atoms with Crippen LogP contribution in [0.4, 0.5) is 0 Å². The summed E-state index contributed by atoms with van der Waals surface area (Å²) in [6.07, 6.45) is -0.0381. The number of carbonyl (C=O) groups excluding carboxylic acids is 1. The molecule has 3 heteroatoms. The summed E-state index contributed by atoms with van der Waals surface area (Å²) in [5.74, 6) is 0.564. The average molecular weight is 309 g/mol. The molecular weight excluding hydrogens is 286 g/mol. The minimum atomic E-state index is -0.0381. The third-order valence-electron chi connectivity index (χ3n) is 4.35. The lowest BCUT2D eigenvalue weighted by Crippen LogP contribution is -2.42. The zero-order valence-electron chi connectivity index (χ0n) is 13.7. The molecule has 3 rings (SSSR count). The third-order valence-corrected chi connectivity index (χ3v) is 4.35. The van der Waals surface area contributed by atoms with E-state index in [9.17, 15) is 4.79 Å². The van der Waals surface area contributed by atoms with E-state index in [2.05, 4.69) is 26.0 Å². The van der Waals surface area contributed by atoms with Crippen molar-refractivity contribution < 1.29 is 9.53 Å². The number of carbonyl (C=O) groups is 1. The summed E-state index contributed by atoms with van der Waals surface area (Å²) in [5, 5.41) is 0. The topological polar surface area (TPSA) is 29.5 Å². The Bertz CT molecular complexity index is 649. The van der Waals surface area contributed by atoms with Crippen LogP contribution in [0.5, 0.6) is 0 Å². The number of ether oxygens (including phenoxy) is 1. The Labute approximate surface area is 137 Å². The van der Waals surface area contributed by atoms with E-state index in [-0.39, 0.29) is 12.0 Å². The van der Waals surface area contributed by atoms with E-state index in [1.54, 1.807) is 0 Å². The molecule has 1 heterocycles. The number of nitrogens with zero attached hydrogens (tertiary/aromatic N) is 1. The van der Waals surface area contributed by atoms with Crippen LogP contribution in [0.1, 0.15) is 47.4 Å². The molecule has 1 aliphatic rings. The van der Waals surface area contributed by atoms with Crippen LogP contribution in [0.2, 0.25) is 0 Å². The predicted octanol–water partition coefficient (Wildman–Crippen LogP) is 4.02. The predicted molar refractivity (Wildman–Crippen MR) is 91.6 cm³/mol. The lowest BCUT2D eigenvalue weighted by atomic mass is 10.0. The van der Waals surface area contributed by atoms with Gasteiger partial charge in [-0.3, -0.25) is 4.79 Å². The number of amides is 1. The van der Waals surface area contributed by atoms with Crippen molar-refractivity contribution in [3.63, 3.8) is 0 Å². The van der Waals surface area contributed by atoms with Gasteiger partial charge >= 0.3 is 0 Å². The zero-order chi connectivity index (χ0) is 16.2. The maximum absolute atomic E-state index is 12.7. The van der Waals surface area contributed by atoms with Crippen molar-refractivity contribution >= 4 is 5.91 Å². The lowest BCUT2D eigenvalue weighted by molar-refractivity contribution is -0.0228. The van der Waals surface area contributed by atoms with Crippen molar-refractivity contribution in [1.82, 2.24) is 4.90 Å². The molecule has 1 atom stereocenters. The van der Waals surface area contributed by atoms with Gasteiger partial charge in [-0.15, -0.1) is 0 Å². The highest BCUT2D eigenvalue weighted by atomic mass is 16.5. The van der Waals surface area contributed by atoms with Gasteiger partial charge in [0.1, 0.15) is 6.10 Å². The molecule has 0 spiro atoms. The van der Waals surface area contributed by atoms with Gasteiger partial charge in [0.2, 0.25) is 0 Å². The molecule has 0 aliphatic carbocycles. The van der Waals surface area contributed by atoms with Gasteiger partial charge in [-0.25, -0.2) is 0 Å². The van der Waals surface area contributed by atoms with E-state index >= 15 is 0 Å². The average Bonchev–Trinajstić information content (AvgIpc) is 2.62. The van der Waals surface area contributed by atoms with E-state index in [1.165, 1.54) is 5.56 Å². The summed E-state index contributed by atoms with van der Waals surface area (Å²) in [5.41, 5.74) is 3.13. The molecule has 0 saturated carbocycles. The Morgan fingerprint density at radius 1 is 1.09 bits per heavy atom. The van der Waals surface area contributed by atoms with Gasteiger partial charge in [0.05, 0.1) is 13.2 Å². The fraction of sp³-hybridized carbons (Fsp3) is 0.350. The van der Waals surface area contributed by atoms with Gasteiger partial charge < -0.3 is 9.64 Å². The number of morpholine rings is 1. The van der Waals surface area contributed by atoms with Crippen molar-refractivity contribution in [2.75, 3.05) is 19.7 Å². The van der Waals surface area contributed by atoms with E-state index in [0.717, 1.165) is 11.1 Å². The van der Waals surface area contributed by atoms with Gasteiger partial charge in [0.25, 0.3) is 5.91 Å². The highest BCUT2D eigenvalue weighted by Crippen LogP contribution is 2.23. The van der Waals surface area contributed by atoms with Gasteiger partial charge in [0.15, 0.2) is 0 Å². The summed E-state index contributed by atoms with van der Waals surface area (Å²) in [7, 11) is 0. The van der Waals surface area contributed by atoms with Crippen molar-refractivity contribution in [3.05, 3.63) is 71.3 Å². The molecule has 2 aromatic rings. The molecular formula is C20H23NO2. The molecule has 0 aromatic heterocycles. The molecule has 1 amide bonds. The first-order chi connectivity index (χ1) is 11.1. The van der Waals surface area contributed by atoms with Crippen LogP contribution in [0, 0.1) is 0 Å². The van der Waals surface area contributed by atoms with E-state index in [4.69, 9.17) is 4.74 Å². The maximum atomic E-state index is 12.7. The number of rotatable bonds is 3. The number of hydrogen-bond acceptors (Lipinski definition) is 2. The van der Waals surface area contributed by atoms with Crippen LogP contribution < -0.4 is 0 Å². The van der Waals surface area contributed by atoms with Crippen LogP contribution in [-0.2, 0) is 4.74 Å². The summed E-state index contributed by atoms with van der Waals surface area (Å²) in [4.78, 5) is 14.6. The normalized spacial score (nSPS) is 18.2. The maximum Gasteiger partial charge on any atom is 0.254 e. The second-order valence-corrected chi connectivity index (χ2v) is 6.30. The fourth-order valence-corrected chi connectivity index (χ4v) is 2.90. The monoisotopic (exact) mass is 309 g/mol. The van der Waals surface area contributed by atoms with Crippen molar-refractivity contribution in [3.8, 4) is 0 Å². The van der Waals surface area contributed by atoms with Crippen LogP contribution in [0.15, 0.2) is 54.6 Å². The highest BCUT2D eigenvalue weighted by molar-refractivity contribution is 5.94. The minimum Gasteiger partial charge on any atom is -0.370 e. The minimum absolute atomic E-state index is 0.0381. The Hall–Kier alpha value is -2.13. The van der Waals surface area contributed by atoms with Gasteiger partial charge in [-0.1, -0.05) is 56.3 Å². The van der Waals surface area contributed by atoms with E-state index in [1.807, 2.05) is 47.4 Å². The van der Waals surface area contributed by atoms with Crippen molar-refractivity contribution in [1.29, 1.82) is 0 Å². The Balaban J connectivity index is 1.72. The molecule has 120 valence electrons. The lowest BCUT2D eigenvalue weighted by Gasteiger charge is -2.33. The molecule has 23 heavy (non-hydrogen) atoms. The summed E-state index contributed by atoms with van der Waals surface area (Å²) in [6, 6.07) is 18.1. The van der Waals surface area contributed by atoms with Gasteiger partial charge in [0, 0.05) is 12.1 Å². The van der Waals surface area contributed by atoms with E-state index < -0.39 is 0 Å². The first kappa shape index (κ1) is 15.8. The second kappa shape index (κ2) is 6.97. The highest BCUT2D eigenvalue weighted by Gasteiger charge is 2.26. The number of hydrogen-bond donors (Lipinski definition) is 0. The Kier molecular flexibility index (Phi) is 4.77. The largest absolute Gasteiger partial charge is 0.370 e. The first-order valence-electron chi connectivity index (χ1n) is 8.21. The smallest absolute Gasteiger partial charge is 0.254 e. The molecule has 0 bridgehead atoms. The van der Waals surface area contributed by atoms with Crippen LogP contribution in [0.3, 0.4) is 0 Å². The second-order valence-electron chi connectivity index (χ2n) is 6.30. The molecule has 1 saturated heterocycles. The van der Waals surface area contributed by atoms with E-state index in [0.29, 0.717) is 25.6 Å². The standard InChI is InChI=1S/C20H23NO2/c1-15(2)16-8-10-18(11-9-16)20(22)21-12-13-23-19(14-21)17-6-4-3-5-7-17/h3-11,15,19H,12-14H2,1-2H3. The molecule has 3 nitrogen and oxygen atoms in total. The molecule has 1 aliphatic heterocycles. The van der Waals surface area contributed by atoms with Crippen LogP contribution >= 0.6 is 0 Å². The first-order valence-corrected chi connectivity index (χ1v) is 8.21. The molecule has 0 N–H and O–H groups in total.